The Kier molecular flexibility index (Phi) is 7.47. The summed E-state index contributed by atoms with van der Waals surface area (Å²) >= 11 is 4.61. The quantitative estimate of drug-likeness (QED) is 0.199. The van der Waals surface area contributed by atoms with E-state index < -0.39 is 0 Å². The Balaban J connectivity index is 1.58. The molecule has 0 saturated carbocycles. The van der Waals surface area contributed by atoms with Gasteiger partial charge in [-0.15, -0.1) is 5.10 Å². The Morgan fingerprint density at radius 3 is 2.53 bits per heavy atom. The van der Waals surface area contributed by atoms with E-state index in [4.69, 9.17) is 9.47 Å². The van der Waals surface area contributed by atoms with Gasteiger partial charge in [0.1, 0.15) is 0 Å². The standard InChI is InChI=1S/C20H20BrN5O3S/c1-12(14-6-9-17(28-2)18(10-14)29-3)23-24-19-22-20(26-25-19)30-11-16(27)13-4-7-15(21)8-5-13/h4-10H,11H2,1-3H3,(H2,22,24,25,26)/b23-12+. The number of carbonyl (C=O) groups is 1. The fourth-order valence-corrected chi connectivity index (χ4v) is 3.43. The maximum absolute atomic E-state index is 12.2. The molecule has 2 aromatic carbocycles. The van der Waals surface area contributed by atoms with Crippen molar-refractivity contribution in [3.8, 4) is 11.5 Å². The second kappa shape index (κ2) is 10.3. The number of carbonyl (C=O) groups excluding carboxylic acids is 1. The fourth-order valence-electron chi connectivity index (χ4n) is 2.47. The highest BCUT2D eigenvalue weighted by molar-refractivity contribution is 9.10. The number of hydrogen-bond donors (Lipinski definition) is 2. The molecule has 3 aromatic rings. The third-order valence-electron chi connectivity index (χ3n) is 4.09. The monoisotopic (exact) mass is 489 g/mol. The topological polar surface area (TPSA) is 101 Å². The summed E-state index contributed by atoms with van der Waals surface area (Å²) in [6.45, 7) is 1.86. The van der Waals surface area contributed by atoms with E-state index >= 15 is 0 Å². The van der Waals surface area contributed by atoms with Crippen LogP contribution < -0.4 is 14.9 Å². The van der Waals surface area contributed by atoms with Crippen molar-refractivity contribution < 1.29 is 14.3 Å². The van der Waals surface area contributed by atoms with Crippen LogP contribution in [-0.4, -0.2) is 46.6 Å². The molecule has 156 valence electrons. The lowest BCUT2D eigenvalue weighted by atomic mass is 10.1. The molecule has 0 aliphatic heterocycles. The number of aromatic amines is 1. The summed E-state index contributed by atoms with van der Waals surface area (Å²) in [5.74, 6) is 1.91. The van der Waals surface area contributed by atoms with Crippen LogP contribution in [0.5, 0.6) is 11.5 Å². The number of methoxy groups -OCH3 is 2. The van der Waals surface area contributed by atoms with E-state index in [1.165, 1.54) is 11.8 Å². The summed E-state index contributed by atoms with van der Waals surface area (Å²) in [7, 11) is 3.17. The number of thioether (sulfide) groups is 1. The van der Waals surface area contributed by atoms with E-state index in [1.54, 1.807) is 26.4 Å². The third-order valence-corrected chi connectivity index (χ3v) is 5.47. The Morgan fingerprint density at radius 2 is 1.83 bits per heavy atom. The number of anilines is 1. The minimum absolute atomic E-state index is 0.00845. The average Bonchev–Trinajstić information content (AvgIpc) is 3.23. The first-order valence-corrected chi connectivity index (χ1v) is 10.6. The Morgan fingerprint density at radius 1 is 1.13 bits per heavy atom. The largest absolute Gasteiger partial charge is 0.493 e. The van der Waals surface area contributed by atoms with Gasteiger partial charge in [-0.1, -0.05) is 39.8 Å². The van der Waals surface area contributed by atoms with Crippen molar-refractivity contribution in [3.05, 3.63) is 58.1 Å². The van der Waals surface area contributed by atoms with Crippen molar-refractivity contribution in [2.75, 3.05) is 25.4 Å². The zero-order valence-corrected chi connectivity index (χ0v) is 19.0. The molecule has 2 N–H and O–H groups in total. The minimum Gasteiger partial charge on any atom is -0.493 e. The number of ether oxygens (including phenoxy) is 2. The van der Waals surface area contributed by atoms with Crippen LogP contribution in [0.4, 0.5) is 5.95 Å². The van der Waals surface area contributed by atoms with Crippen LogP contribution in [0, 0.1) is 0 Å². The predicted molar refractivity (Wildman–Crippen MR) is 121 cm³/mol. The van der Waals surface area contributed by atoms with Gasteiger partial charge >= 0.3 is 0 Å². The lowest BCUT2D eigenvalue weighted by molar-refractivity contribution is 0.102. The summed E-state index contributed by atoms with van der Waals surface area (Å²) in [5, 5.41) is 11.6. The van der Waals surface area contributed by atoms with Crippen LogP contribution >= 0.6 is 27.7 Å². The number of aromatic nitrogens is 3. The zero-order valence-electron chi connectivity index (χ0n) is 16.6. The van der Waals surface area contributed by atoms with E-state index in [9.17, 15) is 4.79 Å². The number of Topliss-reactive ketones (excluding diaryl/α,β-unsaturated/α-hetero) is 1. The number of nitrogens with zero attached hydrogens (tertiary/aromatic N) is 3. The lowest BCUT2D eigenvalue weighted by Gasteiger charge is -2.09. The molecular formula is C20H20BrN5O3S. The van der Waals surface area contributed by atoms with Gasteiger partial charge in [-0.2, -0.15) is 10.1 Å². The van der Waals surface area contributed by atoms with E-state index in [2.05, 4.69) is 41.6 Å². The molecule has 10 heteroatoms. The highest BCUT2D eigenvalue weighted by atomic mass is 79.9. The van der Waals surface area contributed by atoms with Crippen LogP contribution in [-0.2, 0) is 0 Å². The van der Waals surface area contributed by atoms with Gasteiger partial charge in [0.25, 0.3) is 0 Å². The van der Waals surface area contributed by atoms with Crippen molar-refractivity contribution in [1.82, 2.24) is 15.2 Å². The zero-order chi connectivity index (χ0) is 21.5. The molecule has 0 unspecified atom stereocenters. The first kappa shape index (κ1) is 21.8. The first-order chi connectivity index (χ1) is 14.5. The molecule has 0 radical (unpaired) electrons. The summed E-state index contributed by atoms with van der Waals surface area (Å²) in [6, 6.07) is 12.8. The maximum atomic E-state index is 12.2. The fraction of sp³-hybridized carbons (Fsp3) is 0.200. The van der Waals surface area contributed by atoms with Crippen LogP contribution in [0.3, 0.4) is 0 Å². The van der Waals surface area contributed by atoms with Crippen LogP contribution in [0.2, 0.25) is 0 Å². The number of hydrogen-bond acceptors (Lipinski definition) is 8. The average molecular weight is 490 g/mol. The second-order valence-corrected chi connectivity index (χ2v) is 7.92. The molecule has 0 saturated heterocycles. The highest BCUT2D eigenvalue weighted by Gasteiger charge is 2.10. The van der Waals surface area contributed by atoms with Gasteiger partial charge in [-0.05, 0) is 37.3 Å². The van der Waals surface area contributed by atoms with Gasteiger partial charge in [-0.3, -0.25) is 4.79 Å². The van der Waals surface area contributed by atoms with Crippen molar-refractivity contribution in [1.29, 1.82) is 0 Å². The normalized spacial score (nSPS) is 11.3. The third kappa shape index (κ3) is 5.61. The molecule has 3 rings (SSSR count). The smallest absolute Gasteiger partial charge is 0.240 e. The molecule has 1 heterocycles. The number of benzene rings is 2. The second-order valence-electron chi connectivity index (χ2n) is 6.06. The number of ketones is 1. The van der Waals surface area contributed by atoms with Crippen LogP contribution in [0.25, 0.3) is 0 Å². The van der Waals surface area contributed by atoms with Crippen molar-refractivity contribution in [2.45, 2.75) is 12.1 Å². The van der Waals surface area contributed by atoms with E-state index in [1.807, 2.05) is 37.3 Å². The minimum atomic E-state index is 0.00845. The molecule has 1 aromatic heterocycles. The summed E-state index contributed by atoms with van der Waals surface area (Å²) in [6.07, 6.45) is 0. The summed E-state index contributed by atoms with van der Waals surface area (Å²) < 4.78 is 11.5. The SMILES string of the molecule is COc1ccc(/C(C)=N/Nc2nc(SCC(=O)c3ccc(Br)cc3)n[nH]2)cc1OC. The van der Waals surface area contributed by atoms with E-state index in [0.717, 1.165) is 15.7 Å². The molecule has 8 nitrogen and oxygen atoms in total. The lowest BCUT2D eigenvalue weighted by Crippen LogP contribution is -2.02. The van der Waals surface area contributed by atoms with Gasteiger partial charge in [-0.25, -0.2) is 10.5 Å². The van der Waals surface area contributed by atoms with Crippen molar-refractivity contribution >= 4 is 45.1 Å². The maximum Gasteiger partial charge on any atom is 0.240 e. The molecular weight excluding hydrogens is 470 g/mol. The Hall–Kier alpha value is -2.85. The number of halogens is 1. The van der Waals surface area contributed by atoms with Gasteiger partial charge < -0.3 is 9.47 Å². The molecule has 0 spiro atoms. The predicted octanol–water partition coefficient (Wildman–Crippen LogP) is 4.40. The molecule has 0 amide bonds. The van der Waals surface area contributed by atoms with Gasteiger partial charge in [0, 0.05) is 15.6 Å². The molecule has 0 bridgehead atoms. The van der Waals surface area contributed by atoms with Crippen molar-refractivity contribution in [3.63, 3.8) is 0 Å². The van der Waals surface area contributed by atoms with Gasteiger partial charge in [0.2, 0.25) is 11.1 Å². The van der Waals surface area contributed by atoms with Crippen molar-refractivity contribution in [2.24, 2.45) is 5.10 Å². The molecule has 0 fully saturated rings. The molecule has 0 aliphatic carbocycles. The van der Waals surface area contributed by atoms with E-state index in [0.29, 0.717) is 28.2 Å². The molecule has 0 aliphatic rings. The van der Waals surface area contributed by atoms with E-state index in [-0.39, 0.29) is 11.5 Å². The Labute approximate surface area is 186 Å². The number of nitrogens with one attached hydrogen (secondary N) is 2. The van der Waals surface area contributed by atoms with Crippen LogP contribution in [0.1, 0.15) is 22.8 Å². The first-order valence-electron chi connectivity index (χ1n) is 8.87. The number of H-pyrrole nitrogens is 1. The number of hydrazone groups is 1. The number of rotatable bonds is 9. The van der Waals surface area contributed by atoms with Crippen LogP contribution in [0.15, 0.2) is 57.2 Å². The molecule has 30 heavy (non-hydrogen) atoms. The summed E-state index contributed by atoms with van der Waals surface area (Å²) in [4.78, 5) is 16.5. The highest BCUT2D eigenvalue weighted by Crippen LogP contribution is 2.27. The summed E-state index contributed by atoms with van der Waals surface area (Å²) in [5.41, 5.74) is 5.08. The molecule has 0 atom stereocenters. The van der Waals surface area contributed by atoms with Gasteiger partial charge in [0.15, 0.2) is 17.3 Å². The Bertz CT molecular complexity index is 1050. The van der Waals surface area contributed by atoms with Gasteiger partial charge in [0.05, 0.1) is 25.7 Å².